The Kier molecular flexibility index (Phi) is 6.36. The van der Waals surface area contributed by atoms with Crippen LogP contribution in [0.3, 0.4) is 0 Å². The number of hydrogen-bond acceptors (Lipinski definition) is 3. The number of ether oxygens (including phenoxy) is 1. The topological polar surface area (TPSA) is 58.6 Å². The van der Waals surface area contributed by atoms with Crippen molar-refractivity contribution in [3.05, 3.63) is 29.3 Å². The highest BCUT2D eigenvalue weighted by molar-refractivity contribution is 5.76. The minimum absolute atomic E-state index is 0.0277. The predicted molar refractivity (Wildman–Crippen MR) is 75.3 cm³/mol. The van der Waals surface area contributed by atoms with Crippen LogP contribution in [0.25, 0.3) is 0 Å². The Bertz CT molecular complexity index is 414. The molecule has 1 aromatic rings. The first-order valence-corrected chi connectivity index (χ1v) is 6.67. The van der Waals surface area contributed by atoms with Crippen LogP contribution in [0.2, 0.25) is 0 Å². The number of aryl methyl sites for hydroxylation is 2. The van der Waals surface area contributed by atoms with Gasteiger partial charge in [-0.05, 0) is 37.5 Å². The van der Waals surface area contributed by atoms with Gasteiger partial charge >= 0.3 is 0 Å². The molecule has 106 valence electrons. The second kappa shape index (κ2) is 7.79. The molecule has 0 bridgehead atoms. The van der Waals surface area contributed by atoms with E-state index < -0.39 is 0 Å². The Morgan fingerprint density at radius 3 is 2.79 bits per heavy atom. The Hall–Kier alpha value is -1.55. The maximum atomic E-state index is 11.6. The molecular weight excluding hydrogens is 242 g/mol. The van der Waals surface area contributed by atoms with Crippen molar-refractivity contribution < 1.29 is 14.6 Å². The van der Waals surface area contributed by atoms with Crippen molar-refractivity contribution in [3.63, 3.8) is 0 Å². The third-order valence-electron chi connectivity index (χ3n) is 3.01. The molecule has 0 aromatic heterocycles. The molecule has 0 spiro atoms. The maximum absolute atomic E-state index is 11.6. The summed E-state index contributed by atoms with van der Waals surface area (Å²) in [5.41, 5.74) is 2.20. The van der Waals surface area contributed by atoms with E-state index in [1.807, 2.05) is 39.0 Å². The van der Waals surface area contributed by atoms with Gasteiger partial charge in [0.2, 0.25) is 5.91 Å². The number of aliphatic hydroxyl groups excluding tert-OH is 1. The van der Waals surface area contributed by atoms with Gasteiger partial charge < -0.3 is 15.2 Å². The van der Waals surface area contributed by atoms with Gasteiger partial charge in [-0.1, -0.05) is 19.1 Å². The van der Waals surface area contributed by atoms with E-state index in [1.54, 1.807) is 0 Å². The van der Waals surface area contributed by atoms with Gasteiger partial charge in [-0.2, -0.15) is 0 Å². The molecule has 0 aliphatic carbocycles. The molecule has 4 heteroatoms. The lowest BCUT2D eigenvalue weighted by molar-refractivity contribution is -0.122. The van der Waals surface area contributed by atoms with E-state index in [0.29, 0.717) is 13.0 Å². The summed E-state index contributed by atoms with van der Waals surface area (Å²) >= 11 is 0. The molecule has 0 aliphatic rings. The van der Waals surface area contributed by atoms with Crippen molar-refractivity contribution in [1.82, 2.24) is 5.32 Å². The van der Waals surface area contributed by atoms with Gasteiger partial charge in [-0.25, -0.2) is 0 Å². The average Bonchev–Trinajstić information content (AvgIpc) is 2.40. The number of carbonyl (C=O) groups excluding carboxylic acids is 1. The summed E-state index contributed by atoms with van der Waals surface area (Å²) in [6, 6.07) is 5.84. The summed E-state index contributed by atoms with van der Waals surface area (Å²) in [6.07, 6.45) is 1.02. The highest BCUT2D eigenvalue weighted by Crippen LogP contribution is 2.19. The van der Waals surface area contributed by atoms with Crippen LogP contribution >= 0.6 is 0 Å². The molecule has 4 nitrogen and oxygen atoms in total. The minimum atomic E-state index is -0.159. The van der Waals surface area contributed by atoms with Gasteiger partial charge in [-0.3, -0.25) is 4.79 Å². The number of hydrogen-bond donors (Lipinski definition) is 2. The normalized spacial score (nSPS) is 12.0. The first kappa shape index (κ1) is 15.5. The lowest BCUT2D eigenvalue weighted by Gasteiger charge is -2.14. The van der Waals surface area contributed by atoms with Crippen molar-refractivity contribution in [1.29, 1.82) is 0 Å². The number of rotatable bonds is 7. The molecular formula is C15H23NO3. The van der Waals surface area contributed by atoms with Gasteiger partial charge in [0.05, 0.1) is 25.7 Å². The average molecular weight is 265 g/mol. The van der Waals surface area contributed by atoms with E-state index in [2.05, 4.69) is 5.32 Å². The van der Waals surface area contributed by atoms with E-state index in [9.17, 15) is 4.79 Å². The van der Waals surface area contributed by atoms with Gasteiger partial charge in [-0.15, -0.1) is 0 Å². The van der Waals surface area contributed by atoms with Crippen molar-refractivity contribution in [2.45, 2.75) is 39.7 Å². The first-order chi connectivity index (χ1) is 9.06. The van der Waals surface area contributed by atoms with Crippen LogP contribution in [0.4, 0.5) is 0 Å². The molecule has 0 radical (unpaired) electrons. The molecule has 0 saturated heterocycles. The second-order valence-corrected chi connectivity index (χ2v) is 4.72. The van der Waals surface area contributed by atoms with Crippen LogP contribution in [0.1, 0.15) is 30.9 Å². The lowest BCUT2D eigenvalue weighted by atomic mass is 10.1. The third kappa shape index (κ3) is 5.30. The maximum Gasteiger partial charge on any atom is 0.223 e. The van der Waals surface area contributed by atoms with Crippen LogP contribution in [0.5, 0.6) is 5.75 Å². The number of nitrogens with one attached hydrogen (secondary N) is 1. The monoisotopic (exact) mass is 265 g/mol. The van der Waals surface area contributed by atoms with E-state index >= 15 is 0 Å². The van der Waals surface area contributed by atoms with Crippen molar-refractivity contribution in [3.8, 4) is 5.75 Å². The second-order valence-electron chi connectivity index (χ2n) is 4.72. The number of carbonyl (C=O) groups is 1. The zero-order valence-corrected chi connectivity index (χ0v) is 11.9. The molecule has 0 heterocycles. The molecule has 2 N–H and O–H groups in total. The highest BCUT2D eigenvalue weighted by atomic mass is 16.5. The molecule has 0 saturated carbocycles. The fraction of sp³-hybridized carbons (Fsp3) is 0.533. The largest absolute Gasteiger partial charge is 0.493 e. The Labute approximate surface area is 114 Å². The number of aliphatic hydroxyl groups is 1. The zero-order chi connectivity index (χ0) is 14.3. The summed E-state index contributed by atoms with van der Waals surface area (Å²) in [5.74, 6) is 0.730. The standard InChI is InChI=1S/C15H23NO3/c1-4-13(10-17)16-15(18)7-8-19-14-9-11(2)5-6-12(14)3/h5-6,9,13,17H,4,7-8,10H2,1-3H3,(H,16,18)/t13-/m1/s1. The Balaban J connectivity index is 2.37. The van der Waals surface area contributed by atoms with Crippen LogP contribution < -0.4 is 10.1 Å². The molecule has 1 atom stereocenters. The smallest absolute Gasteiger partial charge is 0.223 e. The summed E-state index contributed by atoms with van der Waals surface area (Å²) in [6.45, 7) is 6.23. The summed E-state index contributed by atoms with van der Waals surface area (Å²) in [7, 11) is 0. The predicted octanol–water partition coefficient (Wildman–Crippen LogP) is 1.96. The SMILES string of the molecule is CC[C@H](CO)NC(=O)CCOc1cc(C)ccc1C. The lowest BCUT2D eigenvalue weighted by Crippen LogP contribution is -2.37. The van der Waals surface area contributed by atoms with Crippen LogP contribution in [0, 0.1) is 13.8 Å². The molecule has 0 fully saturated rings. The number of benzene rings is 1. The minimum Gasteiger partial charge on any atom is -0.493 e. The van der Waals surface area contributed by atoms with Crippen molar-refractivity contribution in [2.75, 3.05) is 13.2 Å². The van der Waals surface area contributed by atoms with Crippen molar-refractivity contribution >= 4 is 5.91 Å². The van der Waals surface area contributed by atoms with Crippen LogP contribution in [-0.4, -0.2) is 30.3 Å². The highest BCUT2D eigenvalue weighted by Gasteiger charge is 2.09. The summed E-state index contributed by atoms with van der Waals surface area (Å²) in [4.78, 5) is 11.6. The molecule has 0 unspecified atom stereocenters. The van der Waals surface area contributed by atoms with E-state index in [1.165, 1.54) is 0 Å². The van der Waals surface area contributed by atoms with E-state index in [-0.39, 0.29) is 18.6 Å². The Morgan fingerprint density at radius 2 is 2.16 bits per heavy atom. The summed E-state index contributed by atoms with van der Waals surface area (Å²) < 4.78 is 5.61. The van der Waals surface area contributed by atoms with Crippen LogP contribution in [-0.2, 0) is 4.79 Å². The molecule has 1 amide bonds. The van der Waals surface area contributed by atoms with Gasteiger partial charge in [0.25, 0.3) is 0 Å². The fourth-order valence-electron chi connectivity index (χ4n) is 1.69. The molecule has 0 aliphatic heterocycles. The third-order valence-corrected chi connectivity index (χ3v) is 3.01. The van der Waals surface area contributed by atoms with Gasteiger partial charge in [0.1, 0.15) is 5.75 Å². The van der Waals surface area contributed by atoms with E-state index in [0.717, 1.165) is 23.3 Å². The first-order valence-electron chi connectivity index (χ1n) is 6.67. The number of amides is 1. The Morgan fingerprint density at radius 1 is 1.42 bits per heavy atom. The van der Waals surface area contributed by atoms with Gasteiger partial charge in [0, 0.05) is 0 Å². The van der Waals surface area contributed by atoms with E-state index in [4.69, 9.17) is 9.84 Å². The summed E-state index contributed by atoms with van der Waals surface area (Å²) in [5, 5.41) is 11.8. The quantitative estimate of drug-likeness (QED) is 0.792. The molecule has 1 aromatic carbocycles. The fourth-order valence-corrected chi connectivity index (χ4v) is 1.69. The molecule has 19 heavy (non-hydrogen) atoms. The van der Waals surface area contributed by atoms with Crippen LogP contribution in [0.15, 0.2) is 18.2 Å². The zero-order valence-electron chi connectivity index (χ0n) is 11.9. The molecule has 1 rings (SSSR count). The van der Waals surface area contributed by atoms with Crippen molar-refractivity contribution in [2.24, 2.45) is 0 Å². The van der Waals surface area contributed by atoms with Gasteiger partial charge in [0.15, 0.2) is 0 Å².